The van der Waals surface area contributed by atoms with Crippen molar-refractivity contribution < 1.29 is 9.21 Å². The Kier molecular flexibility index (Phi) is 7.94. The highest BCUT2D eigenvalue weighted by molar-refractivity contribution is 14.0. The van der Waals surface area contributed by atoms with Crippen LogP contribution in [0.3, 0.4) is 0 Å². The fourth-order valence-electron chi connectivity index (χ4n) is 3.79. The number of furan rings is 1. The minimum atomic E-state index is -0.0629. The van der Waals surface area contributed by atoms with E-state index in [4.69, 9.17) is 9.40 Å². The van der Waals surface area contributed by atoms with E-state index in [1.807, 2.05) is 42.1 Å². The van der Waals surface area contributed by atoms with Crippen molar-refractivity contribution >= 4 is 52.6 Å². The van der Waals surface area contributed by atoms with Crippen molar-refractivity contribution in [1.82, 2.24) is 20.1 Å². The summed E-state index contributed by atoms with van der Waals surface area (Å²) in [4.78, 5) is 27.7. The zero-order valence-corrected chi connectivity index (χ0v) is 20.9. The van der Waals surface area contributed by atoms with Crippen LogP contribution >= 0.6 is 24.0 Å². The third-order valence-electron chi connectivity index (χ3n) is 5.49. The van der Waals surface area contributed by atoms with Crippen molar-refractivity contribution in [3.63, 3.8) is 0 Å². The lowest BCUT2D eigenvalue weighted by Gasteiger charge is -2.36. The molecule has 1 amide bonds. The molecule has 8 nitrogen and oxygen atoms in total. The number of halogens is 1. The van der Waals surface area contributed by atoms with Crippen LogP contribution in [0.5, 0.6) is 0 Å². The molecule has 0 spiro atoms. The number of hydrogen-bond acceptors (Lipinski definition) is 5. The molecular formula is C23H29IN6O2. The third kappa shape index (κ3) is 5.14. The van der Waals surface area contributed by atoms with Gasteiger partial charge in [-0.05, 0) is 29.8 Å². The van der Waals surface area contributed by atoms with Crippen LogP contribution in [0.2, 0.25) is 0 Å². The second-order valence-electron chi connectivity index (χ2n) is 7.71. The van der Waals surface area contributed by atoms with E-state index < -0.39 is 0 Å². The zero-order chi connectivity index (χ0) is 21.8. The number of anilines is 1. The molecule has 170 valence electrons. The van der Waals surface area contributed by atoms with Crippen LogP contribution in [0.25, 0.3) is 10.9 Å². The maximum atomic E-state index is 12.5. The number of nitrogens with one attached hydrogen (secondary N) is 1. The predicted octanol–water partition coefficient (Wildman–Crippen LogP) is 3.05. The highest BCUT2D eigenvalue weighted by Gasteiger charge is 2.25. The van der Waals surface area contributed by atoms with Gasteiger partial charge in [0.05, 0.1) is 11.8 Å². The first kappa shape index (κ1) is 23.8. The second kappa shape index (κ2) is 10.7. The summed E-state index contributed by atoms with van der Waals surface area (Å²) in [5.41, 5.74) is 2.15. The number of benzene rings is 1. The van der Waals surface area contributed by atoms with Crippen LogP contribution in [0.15, 0.2) is 58.1 Å². The van der Waals surface area contributed by atoms with Gasteiger partial charge < -0.3 is 24.4 Å². The van der Waals surface area contributed by atoms with Crippen molar-refractivity contribution in [1.29, 1.82) is 0 Å². The molecule has 3 heterocycles. The fourth-order valence-corrected chi connectivity index (χ4v) is 3.79. The van der Waals surface area contributed by atoms with E-state index in [2.05, 4.69) is 27.3 Å². The summed E-state index contributed by atoms with van der Waals surface area (Å²) in [6.45, 7) is 3.33. The molecule has 2 aromatic heterocycles. The average Bonchev–Trinajstić information content (AvgIpc) is 3.34. The van der Waals surface area contributed by atoms with E-state index in [-0.39, 0.29) is 29.9 Å². The molecule has 4 rings (SSSR count). The molecular weight excluding hydrogens is 519 g/mol. The van der Waals surface area contributed by atoms with E-state index in [0.717, 1.165) is 22.7 Å². The van der Waals surface area contributed by atoms with Crippen molar-refractivity contribution in [3.05, 3.63) is 60.1 Å². The van der Waals surface area contributed by atoms with Gasteiger partial charge in [0.1, 0.15) is 5.82 Å². The number of rotatable bonds is 4. The molecule has 0 radical (unpaired) electrons. The van der Waals surface area contributed by atoms with Crippen molar-refractivity contribution in [2.45, 2.75) is 6.54 Å². The minimum absolute atomic E-state index is 0. The summed E-state index contributed by atoms with van der Waals surface area (Å²) in [7, 11) is 5.78. The Bertz CT molecular complexity index is 1080. The molecule has 3 aromatic rings. The molecule has 0 atom stereocenters. The molecule has 1 N–H and O–H groups in total. The Balaban J connectivity index is 0.00000289. The van der Waals surface area contributed by atoms with Crippen LogP contribution in [-0.4, -0.2) is 74.0 Å². The van der Waals surface area contributed by atoms with E-state index in [1.165, 1.54) is 11.8 Å². The Morgan fingerprint density at radius 1 is 1.12 bits per heavy atom. The highest BCUT2D eigenvalue weighted by atomic mass is 127. The number of nitrogens with zero attached hydrogens (tertiary/aromatic N) is 5. The number of aromatic nitrogens is 1. The largest absolute Gasteiger partial charge is 0.459 e. The van der Waals surface area contributed by atoms with Crippen LogP contribution in [-0.2, 0) is 6.54 Å². The van der Waals surface area contributed by atoms with E-state index in [1.54, 1.807) is 19.2 Å². The van der Waals surface area contributed by atoms with Gasteiger partial charge in [-0.25, -0.2) is 4.98 Å². The number of carbonyl (C=O) groups is 1. The summed E-state index contributed by atoms with van der Waals surface area (Å²) in [5.74, 6) is 2.08. The van der Waals surface area contributed by atoms with Gasteiger partial charge in [0.15, 0.2) is 11.7 Å². The fraction of sp³-hybridized carbons (Fsp3) is 0.348. The Labute approximate surface area is 205 Å². The van der Waals surface area contributed by atoms with Gasteiger partial charge in [0, 0.05) is 59.3 Å². The van der Waals surface area contributed by atoms with Crippen molar-refractivity contribution in [2.75, 3.05) is 52.2 Å². The number of hydrogen-bond donors (Lipinski definition) is 1. The predicted molar refractivity (Wildman–Crippen MR) is 138 cm³/mol. The normalized spacial score (nSPS) is 14.3. The topological polar surface area (TPSA) is 77.2 Å². The lowest BCUT2D eigenvalue weighted by molar-refractivity contribution is 0.0657. The van der Waals surface area contributed by atoms with Gasteiger partial charge in [0.25, 0.3) is 5.91 Å². The maximum Gasteiger partial charge on any atom is 0.289 e. The van der Waals surface area contributed by atoms with Crippen LogP contribution in [0.4, 0.5) is 5.82 Å². The number of carbonyl (C=O) groups excluding carboxylic acids is 1. The van der Waals surface area contributed by atoms with Gasteiger partial charge in [-0.1, -0.05) is 18.2 Å². The lowest BCUT2D eigenvalue weighted by Crippen LogP contribution is -2.53. The molecule has 0 bridgehead atoms. The number of fused-ring (bicyclic) bond motifs is 1. The Morgan fingerprint density at radius 3 is 2.50 bits per heavy atom. The van der Waals surface area contributed by atoms with E-state index in [9.17, 15) is 4.79 Å². The first-order valence-electron chi connectivity index (χ1n) is 10.4. The Hall–Kier alpha value is -2.82. The summed E-state index contributed by atoms with van der Waals surface area (Å²) < 4.78 is 5.24. The molecule has 1 fully saturated rings. The average molecular weight is 548 g/mol. The van der Waals surface area contributed by atoms with E-state index in [0.29, 0.717) is 38.5 Å². The molecule has 9 heteroatoms. The van der Waals surface area contributed by atoms with Gasteiger partial charge in [0.2, 0.25) is 0 Å². The first-order chi connectivity index (χ1) is 15.1. The van der Waals surface area contributed by atoms with Crippen LogP contribution in [0.1, 0.15) is 16.1 Å². The third-order valence-corrected chi connectivity index (χ3v) is 5.49. The summed E-state index contributed by atoms with van der Waals surface area (Å²) in [5, 5.41) is 4.62. The molecule has 32 heavy (non-hydrogen) atoms. The van der Waals surface area contributed by atoms with Crippen molar-refractivity contribution in [2.24, 2.45) is 4.99 Å². The van der Waals surface area contributed by atoms with Gasteiger partial charge in [-0.15, -0.1) is 24.0 Å². The monoisotopic (exact) mass is 548 g/mol. The lowest BCUT2D eigenvalue weighted by atomic mass is 10.1. The molecule has 0 aliphatic carbocycles. The molecule has 0 saturated carbocycles. The Morgan fingerprint density at radius 2 is 1.84 bits per heavy atom. The number of guanidine groups is 1. The quantitative estimate of drug-likeness (QED) is 0.307. The van der Waals surface area contributed by atoms with Gasteiger partial charge in [-0.2, -0.15) is 0 Å². The number of aliphatic imine (C=N–C) groups is 1. The number of piperazine rings is 1. The maximum absolute atomic E-state index is 12.5. The van der Waals surface area contributed by atoms with E-state index >= 15 is 0 Å². The number of pyridine rings is 1. The van der Waals surface area contributed by atoms with Crippen LogP contribution in [0, 0.1) is 0 Å². The molecule has 1 aromatic carbocycles. The minimum Gasteiger partial charge on any atom is -0.459 e. The molecule has 0 unspecified atom stereocenters. The second-order valence-corrected chi connectivity index (χ2v) is 7.71. The summed E-state index contributed by atoms with van der Waals surface area (Å²) >= 11 is 0. The van der Waals surface area contributed by atoms with Gasteiger partial charge in [-0.3, -0.25) is 9.79 Å². The summed E-state index contributed by atoms with van der Waals surface area (Å²) in [6.07, 6.45) is 1.53. The molecule has 1 aliphatic rings. The highest BCUT2D eigenvalue weighted by Crippen LogP contribution is 2.22. The zero-order valence-electron chi connectivity index (χ0n) is 18.6. The van der Waals surface area contributed by atoms with Crippen molar-refractivity contribution in [3.8, 4) is 0 Å². The van der Waals surface area contributed by atoms with Crippen LogP contribution < -0.4 is 10.2 Å². The standard InChI is InChI=1S/C23H28N6O2.HI/c1-24-23(29-12-10-28(11-13-29)22(30)20-9-6-14-31-20)25-16-17-15-21(27(2)3)26-19-8-5-4-7-18(17)19;/h4-9,14-15H,10-13,16H2,1-3H3,(H,24,25);1H. The molecule has 1 aliphatic heterocycles. The number of para-hydroxylation sites is 1. The first-order valence-corrected chi connectivity index (χ1v) is 10.4. The SMILES string of the molecule is CN=C(NCc1cc(N(C)C)nc2ccccc12)N1CCN(C(=O)c2ccco2)CC1.I. The smallest absolute Gasteiger partial charge is 0.289 e. The number of amides is 1. The molecule has 1 saturated heterocycles. The summed E-state index contributed by atoms with van der Waals surface area (Å²) in [6, 6.07) is 13.7. The van der Waals surface area contributed by atoms with Gasteiger partial charge >= 0.3 is 0 Å².